The van der Waals surface area contributed by atoms with Gasteiger partial charge < -0.3 is 15.5 Å². The normalized spacial score (nSPS) is 12.4. The summed E-state index contributed by atoms with van der Waals surface area (Å²) in [4.78, 5) is 10.3. The lowest BCUT2D eigenvalue weighted by molar-refractivity contribution is -0.139. The van der Waals surface area contributed by atoms with Crippen LogP contribution in [-0.4, -0.2) is 28.8 Å². The number of aliphatic hydroxyl groups excluding tert-OH is 1. The zero-order valence-electron chi connectivity index (χ0n) is 8.69. The number of halogens is 1. The molecule has 0 fully saturated rings. The van der Waals surface area contributed by atoms with E-state index in [-0.39, 0.29) is 13.0 Å². The van der Waals surface area contributed by atoms with Crippen molar-refractivity contribution in [3.05, 3.63) is 34.3 Å². The second kappa shape index (κ2) is 6.62. The average Bonchev–Trinajstić information content (AvgIpc) is 2.19. The van der Waals surface area contributed by atoms with Crippen LogP contribution >= 0.6 is 15.9 Å². The Morgan fingerprint density at radius 3 is 2.75 bits per heavy atom. The number of aliphatic carboxylic acids is 1. The van der Waals surface area contributed by atoms with Crippen molar-refractivity contribution < 1.29 is 15.0 Å². The minimum atomic E-state index is -0.991. The number of benzene rings is 1. The van der Waals surface area contributed by atoms with Gasteiger partial charge in [-0.05, 0) is 11.6 Å². The van der Waals surface area contributed by atoms with E-state index in [0.717, 1.165) is 10.0 Å². The van der Waals surface area contributed by atoms with Crippen LogP contribution in [0, 0.1) is 0 Å². The first kappa shape index (κ1) is 13.2. The van der Waals surface area contributed by atoms with Crippen LogP contribution in [0.4, 0.5) is 0 Å². The number of hydrogen-bond donors (Lipinski definition) is 3. The van der Waals surface area contributed by atoms with Gasteiger partial charge in [-0.15, -0.1) is 0 Å². The lowest BCUT2D eigenvalue weighted by Crippen LogP contribution is -2.28. The molecule has 0 aliphatic rings. The molecule has 0 aliphatic heterocycles. The third kappa shape index (κ3) is 4.74. The van der Waals surface area contributed by atoms with Crippen LogP contribution in [-0.2, 0) is 11.3 Å². The Kier molecular flexibility index (Phi) is 5.45. The summed E-state index contributed by atoms with van der Waals surface area (Å²) in [5, 5.41) is 20.8. The molecule has 0 aliphatic carbocycles. The van der Waals surface area contributed by atoms with Crippen LogP contribution in [0.3, 0.4) is 0 Å². The molecular formula is C11H14BrNO3. The molecule has 0 saturated heterocycles. The van der Waals surface area contributed by atoms with E-state index in [1.54, 1.807) is 0 Å². The molecule has 1 unspecified atom stereocenters. The van der Waals surface area contributed by atoms with Crippen LogP contribution in [0.2, 0.25) is 0 Å². The molecular weight excluding hydrogens is 274 g/mol. The number of aliphatic hydroxyl groups is 1. The first-order chi connectivity index (χ1) is 7.59. The van der Waals surface area contributed by atoms with E-state index in [9.17, 15) is 9.90 Å². The fourth-order valence-corrected chi connectivity index (χ4v) is 1.71. The standard InChI is InChI=1S/C11H14BrNO3/c12-10-4-2-1-3-8(10)6-13-7-9(14)5-11(15)16/h1-4,9,13-14H,5-7H2,(H,15,16). The summed E-state index contributed by atoms with van der Waals surface area (Å²) in [6, 6.07) is 7.74. The van der Waals surface area contributed by atoms with Crippen LogP contribution in [0.15, 0.2) is 28.7 Å². The Morgan fingerprint density at radius 1 is 1.44 bits per heavy atom. The summed E-state index contributed by atoms with van der Waals surface area (Å²) in [6.07, 6.45) is -1.08. The van der Waals surface area contributed by atoms with Gasteiger partial charge in [0.1, 0.15) is 0 Å². The molecule has 16 heavy (non-hydrogen) atoms. The molecule has 0 bridgehead atoms. The number of hydrogen-bond acceptors (Lipinski definition) is 3. The first-order valence-electron chi connectivity index (χ1n) is 4.93. The molecule has 4 nitrogen and oxygen atoms in total. The predicted octanol–water partition coefficient (Wildman–Crippen LogP) is 1.37. The van der Waals surface area contributed by atoms with Crippen molar-refractivity contribution in [1.82, 2.24) is 5.32 Å². The topological polar surface area (TPSA) is 69.6 Å². The molecule has 3 N–H and O–H groups in total. The maximum absolute atomic E-state index is 10.3. The molecule has 1 atom stereocenters. The van der Waals surface area contributed by atoms with E-state index in [2.05, 4.69) is 21.2 Å². The van der Waals surface area contributed by atoms with Gasteiger partial charge >= 0.3 is 5.97 Å². The molecule has 1 aromatic rings. The first-order valence-corrected chi connectivity index (χ1v) is 5.73. The quantitative estimate of drug-likeness (QED) is 0.739. The average molecular weight is 288 g/mol. The fourth-order valence-electron chi connectivity index (χ4n) is 1.29. The van der Waals surface area contributed by atoms with E-state index >= 15 is 0 Å². The number of rotatable bonds is 6. The highest BCUT2D eigenvalue weighted by Gasteiger charge is 2.08. The lowest BCUT2D eigenvalue weighted by Gasteiger charge is -2.10. The van der Waals surface area contributed by atoms with E-state index in [0.29, 0.717) is 6.54 Å². The molecule has 0 aromatic heterocycles. The Morgan fingerprint density at radius 2 is 2.12 bits per heavy atom. The summed E-state index contributed by atoms with van der Waals surface area (Å²) in [6.45, 7) is 0.867. The van der Waals surface area contributed by atoms with Gasteiger partial charge in [-0.2, -0.15) is 0 Å². The largest absolute Gasteiger partial charge is 0.481 e. The highest BCUT2D eigenvalue weighted by atomic mass is 79.9. The van der Waals surface area contributed by atoms with Gasteiger partial charge in [0.2, 0.25) is 0 Å². The van der Waals surface area contributed by atoms with Crippen LogP contribution in [0.25, 0.3) is 0 Å². The van der Waals surface area contributed by atoms with Crippen LogP contribution in [0.5, 0.6) is 0 Å². The minimum absolute atomic E-state index is 0.233. The summed E-state index contributed by atoms with van der Waals surface area (Å²) < 4.78 is 0.996. The highest BCUT2D eigenvalue weighted by molar-refractivity contribution is 9.10. The van der Waals surface area contributed by atoms with Gasteiger partial charge in [0.25, 0.3) is 0 Å². The maximum Gasteiger partial charge on any atom is 0.306 e. The zero-order valence-corrected chi connectivity index (χ0v) is 10.3. The van der Waals surface area contributed by atoms with E-state index < -0.39 is 12.1 Å². The third-order valence-corrected chi connectivity index (χ3v) is 2.84. The molecule has 0 spiro atoms. The van der Waals surface area contributed by atoms with Gasteiger partial charge in [-0.3, -0.25) is 4.79 Å². The third-order valence-electron chi connectivity index (χ3n) is 2.06. The Bertz CT molecular complexity index is 357. The van der Waals surface area contributed by atoms with E-state index in [1.165, 1.54) is 0 Å². The van der Waals surface area contributed by atoms with Gasteiger partial charge in [0.05, 0.1) is 12.5 Å². The second-order valence-electron chi connectivity index (χ2n) is 3.47. The summed E-state index contributed by atoms with van der Waals surface area (Å²) in [7, 11) is 0. The van der Waals surface area contributed by atoms with Crippen molar-refractivity contribution >= 4 is 21.9 Å². The fraction of sp³-hybridized carbons (Fsp3) is 0.364. The molecule has 1 aromatic carbocycles. The van der Waals surface area contributed by atoms with Crippen molar-refractivity contribution in [3.8, 4) is 0 Å². The Hall–Kier alpha value is -0.910. The second-order valence-corrected chi connectivity index (χ2v) is 4.33. The summed E-state index contributed by atoms with van der Waals surface area (Å²) in [5.74, 6) is -0.991. The molecule has 0 saturated carbocycles. The number of carbonyl (C=O) groups is 1. The van der Waals surface area contributed by atoms with Gasteiger partial charge in [0, 0.05) is 17.6 Å². The van der Waals surface area contributed by atoms with E-state index in [4.69, 9.17) is 5.11 Å². The molecule has 0 heterocycles. The number of carboxylic acids is 1. The highest BCUT2D eigenvalue weighted by Crippen LogP contribution is 2.15. The molecule has 0 amide bonds. The van der Waals surface area contributed by atoms with Gasteiger partial charge in [-0.1, -0.05) is 34.1 Å². The van der Waals surface area contributed by atoms with Crippen molar-refractivity contribution in [2.45, 2.75) is 19.1 Å². The van der Waals surface area contributed by atoms with Crippen molar-refractivity contribution in [2.75, 3.05) is 6.54 Å². The molecule has 0 radical (unpaired) electrons. The Balaban J connectivity index is 2.30. The SMILES string of the molecule is O=C(O)CC(O)CNCc1ccccc1Br. The number of nitrogens with one attached hydrogen (secondary N) is 1. The molecule has 5 heteroatoms. The lowest BCUT2D eigenvalue weighted by atomic mass is 10.2. The van der Waals surface area contributed by atoms with Gasteiger partial charge in [-0.25, -0.2) is 0 Å². The summed E-state index contributed by atoms with van der Waals surface area (Å²) in [5.41, 5.74) is 1.07. The smallest absolute Gasteiger partial charge is 0.306 e. The minimum Gasteiger partial charge on any atom is -0.481 e. The molecule has 88 valence electrons. The Labute approximate surface area is 102 Å². The van der Waals surface area contributed by atoms with Crippen LogP contribution < -0.4 is 5.32 Å². The monoisotopic (exact) mass is 287 g/mol. The zero-order chi connectivity index (χ0) is 12.0. The van der Waals surface area contributed by atoms with Crippen molar-refractivity contribution in [3.63, 3.8) is 0 Å². The van der Waals surface area contributed by atoms with Gasteiger partial charge in [0.15, 0.2) is 0 Å². The van der Waals surface area contributed by atoms with E-state index in [1.807, 2.05) is 24.3 Å². The number of carboxylic acid groups (broad SMARTS) is 1. The maximum atomic E-state index is 10.3. The van der Waals surface area contributed by atoms with Crippen molar-refractivity contribution in [1.29, 1.82) is 0 Å². The predicted molar refractivity (Wildman–Crippen MR) is 64.1 cm³/mol. The summed E-state index contributed by atoms with van der Waals surface area (Å²) >= 11 is 3.41. The van der Waals surface area contributed by atoms with Crippen LogP contribution in [0.1, 0.15) is 12.0 Å². The van der Waals surface area contributed by atoms with Crippen molar-refractivity contribution in [2.24, 2.45) is 0 Å². The molecule has 1 rings (SSSR count).